The van der Waals surface area contributed by atoms with Gasteiger partial charge in [0.15, 0.2) is 9.84 Å². The maximum Gasteiger partial charge on any atom is 0.202 e. The van der Waals surface area contributed by atoms with Crippen molar-refractivity contribution in [2.45, 2.75) is 38.5 Å². The summed E-state index contributed by atoms with van der Waals surface area (Å²) in [4.78, 5) is 12.4. The van der Waals surface area contributed by atoms with Gasteiger partial charge in [0.2, 0.25) is 5.78 Å². The second kappa shape index (κ2) is 4.66. The fourth-order valence-corrected chi connectivity index (χ4v) is 2.05. The zero-order chi connectivity index (χ0) is 14.3. The van der Waals surface area contributed by atoms with Crippen LogP contribution < -0.4 is 0 Å². The van der Waals surface area contributed by atoms with Crippen LogP contribution in [-0.2, 0) is 9.84 Å². The minimum atomic E-state index is -3.54. The van der Waals surface area contributed by atoms with E-state index in [1.807, 2.05) is 13.8 Å². The molecule has 5 nitrogen and oxygen atoms in total. The summed E-state index contributed by atoms with van der Waals surface area (Å²) in [7, 11) is -3.54. The summed E-state index contributed by atoms with van der Waals surface area (Å²) in [6.45, 7) is 6.43. The van der Waals surface area contributed by atoms with Gasteiger partial charge >= 0.3 is 0 Å². The number of hydrogen-bond acceptors (Lipinski definition) is 4. The molecule has 0 amide bonds. The molecule has 0 bridgehead atoms. The second-order valence-corrected chi connectivity index (χ2v) is 7.96. The monoisotopic (exact) mass is 292 g/mol. The highest BCUT2D eigenvalue weighted by Gasteiger charge is 2.41. The summed E-state index contributed by atoms with van der Waals surface area (Å²) in [5.41, 5.74) is 0.141. The SMILES string of the molecule is CC(C)n1ncc(Cl)c1C(=O)C(C)(C)S(C)(=O)=O. The normalized spacial score (nSPS) is 13.1. The Balaban J connectivity index is 3.41. The van der Waals surface area contributed by atoms with Gasteiger partial charge in [-0.05, 0) is 27.7 Å². The van der Waals surface area contributed by atoms with Gasteiger partial charge in [0.05, 0.1) is 11.2 Å². The lowest BCUT2D eigenvalue weighted by Gasteiger charge is -2.22. The van der Waals surface area contributed by atoms with Gasteiger partial charge in [0, 0.05) is 12.3 Å². The Hall–Kier alpha value is -0.880. The predicted octanol–water partition coefficient (Wildman–Crippen LogP) is 2.12. The van der Waals surface area contributed by atoms with Gasteiger partial charge in [0.25, 0.3) is 0 Å². The second-order valence-electron chi connectivity index (χ2n) is 4.99. The van der Waals surface area contributed by atoms with E-state index in [1.165, 1.54) is 24.7 Å². The van der Waals surface area contributed by atoms with E-state index in [9.17, 15) is 13.2 Å². The number of carbonyl (C=O) groups is 1. The van der Waals surface area contributed by atoms with Gasteiger partial charge in [-0.1, -0.05) is 11.6 Å². The van der Waals surface area contributed by atoms with E-state index in [2.05, 4.69) is 5.10 Å². The molecule has 0 radical (unpaired) electrons. The van der Waals surface area contributed by atoms with E-state index in [0.29, 0.717) is 0 Å². The third-order valence-electron chi connectivity index (χ3n) is 2.93. The average Bonchev–Trinajstić information content (AvgIpc) is 2.57. The van der Waals surface area contributed by atoms with Gasteiger partial charge in [-0.3, -0.25) is 9.48 Å². The molecule has 0 spiro atoms. The summed E-state index contributed by atoms with van der Waals surface area (Å²) in [6, 6.07) is -0.0770. The summed E-state index contributed by atoms with van der Waals surface area (Å²) in [5.74, 6) is -0.541. The van der Waals surface area contributed by atoms with Crippen molar-refractivity contribution in [3.63, 3.8) is 0 Å². The van der Waals surface area contributed by atoms with E-state index in [1.54, 1.807) is 0 Å². The van der Waals surface area contributed by atoms with Gasteiger partial charge in [-0.2, -0.15) is 5.10 Å². The first-order chi connectivity index (χ1) is 8.00. The number of sulfone groups is 1. The zero-order valence-electron chi connectivity index (χ0n) is 11.1. The Morgan fingerprint density at radius 1 is 1.44 bits per heavy atom. The molecule has 1 aromatic rings. The van der Waals surface area contributed by atoms with Crippen LogP contribution in [0.15, 0.2) is 6.20 Å². The van der Waals surface area contributed by atoms with E-state index in [0.717, 1.165) is 6.26 Å². The molecule has 1 heterocycles. The minimum absolute atomic E-state index is 0.0770. The van der Waals surface area contributed by atoms with E-state index < -0.39 is 20.4 Å². The largest absolute Gasteiger partial charge is 0.291 e. The van der Waals surface area contributed by atoms with Crippen LogP contribution >= 0.6 is 11.6 Å². The topological polar surface area (TPSA) is 69.0 Å². The van der Waals surface area contributed by atoms with Crippen LogP contribution in [0.1, 0.15) is 44.2 Å². The first kappa shape index (κ1) is 15.2. The Morgan fingerprint density at radius 3 is 2.33 bits per heavy atom. The molecule has 0 aliphatic heterocycles. The lowest BCUT2D eigenvalue weighted by molar-refractivity contribution is 0.0941. The van der Waals surface area contributed by atoms with Crippen molar-refractivity contribution >= 4 is 27.2 Å². The van der Waals surface area contributed by atoms with Gasteiger partial charge < -0.3 is 0 Å². The molecule has 1 aromatic heterocycles. The fourth-order valence-electron chi connectivity index (χ4n) is 1.40. The van der Waals surface area contributed by atoms with Crippen molar-refractivity contribution in [3.8, 4) is 0 Å². The van der Waals surface area contributed by atoms with Crippen LogP contribution in [-0.4, -0.2) is 35.0 Å². The molecule has 18 heavy (non-hydrogen) atoms. The number of aromatic nitrogens is 2. The molecule has 0 atom stereocenters. The maximum absolute atomic E-state index is 12.4. The van der Waals surface area contributed by atoms with Gasteiger partial charge in [0.1, 0.15) is 10.4 Å². The third-order valence-corrected chi connectivity index (χ3v) is 5.24. The summed E-state index contributed by atoms with van der Waals surface area (Å²) >= 11 is 5.94. The number of carbonyl (C=O) groups excluding carboxylic acids is 1. The molecule has 0 fully saturated rings. The average molecular weight is 293 g/mol. The molecule has 0 saturated heterocycles. The van der Waals surface area contributed by atoms with Crippen LogP contribution in [0.4, 0.5) is 0 Å². The van der Waals surface area contributed by atoms with Crippen molar-refractivity contribution in [3.05, 3.63) is 16.9 Å². The van der Waals surface area contributed by atoms with Crippen LogP contribution in [0.5, 0.6) is 0 Å². The van der Waals surface area contributed by atoms with E-state index in [-0.39, 0.29) is 16.8 Å². The Morgan fingerprint density at radius 2 is 1.94 bits per heavy atom. The van der Waals surface area contributed by atoms with Crippen LogP contribution in [0.2, 0.25) is 5.02 Å². The lowest BCUT2D eigenvalue weighted by Crippen LogP contribution is -2.41. The summed E-state index contributed by atoms with van der Waals surface area (Å²) < 4.78 is 23.3. The molecule has 0 aliphatic rings. The van der Waals surface area contributed by atoms with Crippen molar-refractivity contribution in [2.24, 2.45) is 0 Å². The van der Waals surface area contributed by atoms with Crippen molar-refractivity contribution < 1.29 is 13.2 Å². The number of ketones is 1. The van der Waals surface area contributed by atoms with Crippen molar-refractivity contribution in [1.29, 1.82) is 0 Å². The van der Waals surface area contributed by atoms with Gasteiger partial charge in [-0.25, -0.2) is 8.42 Å². The summed E-state index contributed by atoms with van der Waals surface area (Å²) in [5, 5.41) is 4.17. The van der Waals surface area contributed by atoms with Crippen molar-refractivity contribution in [1.82, 2.24) is 9.78 Å². The van der Waals surface area contributed by atoms with Crippen LogP contribution in [0, 0.1) is 0 Å². The minimum Gasteiger partial charge on any atom is -0.291 e. The smallest absolute Gasteiger partial charge is 0.202 e. The predicted molar refractivity (Wildman–Crippen MR) is 70.9 cm³/mol. The van der Waals surface area contributed by atoms with E-state index in [4.69, 9.17) is 11.6 Å². The molecular formula is C11H17ClN2O3S. The molecule has 0 aliphatic carbocycles. The highest BCUT2D eigenvalue weighted by atomic mass is 35.5. The number of rotatable bonds is 4. The Labute approximate surface area is 112 Å². The molecule has 0 N–H and O–H groups in total. The van der Waals surface area contributed by atoms with Gasteiger partial charge in [-0.15, -0.1) is 0 Å². The standard InChI is InChI=1S/C11H17ClN2O3S/c1-7(2)14-9(8(12)6-13-14)10(15)11(3,4)18(5,16)17/h6-7H,1-5H3. The fraction of sp³-hybridized carbons (Fsp3) is 0.636. The molecule has 7 heteroatoms. The zero-order valence-corrected chi connectivity index (χ0v) is 12.6. The van der Waals surface area contributed by atoms with Crippen molar-refractivity contribution in [2.75, 3.05) is 6.26 Å². The van der Waals surface area contributed by atoms with Crippen LogP contribution in [0.3, 0.4) is 0 Å². The first-order valence-electron chi connectivity index (χ1n) is 5.47. The highest BCUT2D eigenvalue weighted by Crippen LogP contribution is 2.27. The van der Waals surface area contributed by atoms with E-state index >= 15 is 0 Å². The van der Waals surface area contributed by atoms with Crippen LogP contribution in [0.25, 0.3) is 0 Å². The molecular weight excluding hydrogens is 276 g/mol. The molecule has 0 aromatic carbocycles. The number of hydrogen-bond donors (Lipinski definition) is 0. The molecule has 0 saturated carbocycles. The number of nitrogens with zero attached hydrogens (tertiary/aromatic N) is 2. The molecule has 1 rings (SSSR count). The maximum atomic E-state index is 12.4. The quantitative estimate of drug-likeness (QED) is 0.797. The number of Topliss-reactive ketones (excluding diaryl/α,β-unsaturated/α-hetero) is 1. The first-order valence-corrected chi connectivity index (χ1v) is 7.74. The Kier molecular flexibility index (Phi) is 3.93. The molecule has 0 unspecified atom stereocenters. The summed E-state index contributed by atoms with van der Waals surface area (Å²) in [6.07, 6.45) is 2.39. The highest BCUT2D eigenvalue weighted by molar-refractivity contribution is 7.92. The number of halogens is 1. The third kappa shape index (κ3) is 2.44. The Bertz CT molecular complexity index is 573. The lowest BCUT2D eigenvalue weighted by atomic mass is 10.0. The molecule has 102 valence electrons.